The number of anilines is 1. The van der Waals surface area contributed by atoms with Gasteiger partial charge < -0.3 is 5.32 Å². The molecule has 6 nitrogen and oxygen atoms in total. The largest absolute Gasteiger partial charge is 0.325 e. The van der Waals surface area contributed by atoms with Crippen molar-refractivity contribution in [3.8, 4) is 12.3 Å². The van der Waals surface area contributed by atoms with Gasteiger partial charge in [0.15, 0.2) is 0 Å². The Morgan fingerprint density at radius 2 is 2.28 bits per heavy atom. The molecule has 0 aliphatic heterocycles. The average molecular weight is 247 g/mol. The lowest BCUT2D eigenvalue weighted by atomic mass is 10.2. The maximum atomic E-state index is 11.5. The van der Waals surface area contributed by atoms with Crippen molar-refractivity contribution >= 4 is 17.3 Å². The predicted octanol–water partition coefficient (Wildman–Crippen LogP) is 1.06. The third kappa shape index (κ3) is 3.88. The summed E-state index contributed by atoms with van der Waals surface area (Å²) in [5.74, 6) is 2.10. The normalized spacial score (nSPS) is 9.56. The molecule has 18 heavy (non-hydrogen) atoms. The van der Waals surface area contributed by atoms with Crippen molar-refractivity contribution in [3.63, 3.8) is 0 Å². The minimum Gasteiger partial charge on any atom is -0.325 e. The second-order valence-corrected chi connectivity index (χ2v) is 3.61. The van der Waals surface area contributed by atoms with E-state index in [9.17, 15) is 14.9 Å². The van der Waals surface area contributed by atoms with Crippen molar-refractivity contribution in [1.29, 1.82) is 0 Å². The van der Waals surface area contributed by atoms with Crippen molar-refractivity contribution in [2.75, 3.05) is 18.4 Å². The SMILES string of the molecule is C#CCNCC(=O)Nc1ccc([N+](=O)[O-])cc1C. The molecule has 0 aromatic heterocycles. The average Bonchev–Trinajstić information content (AvgIpc) is 2.32. The smallest absolute Gasteiger partial charge is 0.269 e. The molecule has 0 spiro atoms. The zero-order chi connectivity index (χ0) is 13.5. The first-order chi connectivity index (χ1) is 8.54. The van der Waals surface area contributed by atoms with Crippen LogP contribution in [-0.4, -0.2) is 23.9 Å². The lowest BCUT2D eigenvalue weighted by molar-refractivity contribution is -0.384. The molecule has 1 amide bonds. The molecule has 0 saturated carbocycles. The third-order valence-corrected chi connectivity index (χ3v) is 2.21. The van der Waals surface area contributed by atoms with E-state index in [0.717, 1.165) is 0 Å². The van der Waals surface area contributed by atoms with Gasteiger partial charge in [-0.1, -0.05) is 5.92 Å². The van der Waals surface area contributed by atoms with E-state index < -0.39 is 4.92 Å². The Kier molecular flexibility index (Phi) is 4.84. The van der Waals surface area contributed by atoms with Crippen LogP contribution in [0.5, 0.6) is 0 Å². The van der Waals surface area contributed by atoms with Crippen LogP contribution in [0.2, 0.25) is 0 Å². The molecular weight excluding hydrogens is 234 g/mol. The number of terminal acetylenes is 1. The van der Waals surface area contributed by atoms with Crippen molar-refractivity contribution in [1.82, 2.24) is 5.32 Å². The van der Waals surface area contributed by atoms with Crippen molar-refractivity contribution in [2.24, 2.45) is 0 Å². The van der Waals surface area contributed by atoms with E-state index >= 15 is 0 Å². The van der Waals surface area contributed by atoms with Crippen LogP contribution in [0, 0.1) is 29.4 Å². The molecule has 0 unspecified atom stereocenters. The van der Waals surface area contributed by atoms with E-state index in [2.05, 4.69) is 16.6 Å². The Morgan fingerprint density at radius 3 is 2.83 bits per heavy atom. The first-order valence-corrected chi connectivity index (χ1v) is 5.23. The van der Waals surface area contributed by atoms with Gasteiger partial charge in [0.2, 0.25) is 5.91 Å². The highest BCUT2D eigenvalue weighted by Crippen LogP contribution is 2.20. The van der Waals surface area contributed by atoms with Crippen LogP contribution in [0.15, 0.2) is 18.2 Å². The number of rotatable bonds is 5. The number of carbonyl (C=O) groups excluding carboxylic acids is 1. The topological polar surface area (TPSA) is 84.3 Å². The fourth-order valence-electron chi connectivity index (χ4n) is 1.34. The Balaban J connectivity index is 2.65. The first kappa shape index (κ1) is 13.7. The summed E-state index contributed by atoms with van der Waals surface area (Å²) in [6.07, 6.45) is 5.03. The fraction of sp³-hybridized carbons (Fsp3) is 0.250. The molecule has 0 aliphatic carbocycles. The summed E-state index contributed by atoms with van der Waals surface area (Å²) in [6, 6.07) is 4.26. The van der Waals surface area contributed by atoms with Crippen molar-refractivity contribution in [2.45, 2.75) is 6.92 Å². The molecule has 6 heteroatoms. The van der Waals surface area contributed by atoms with Gasteiger partial charge in [0.05, 0.1) is 18.0 Å². The minimum atomic E-state index is -0.479. The Morgan fingerprint density at radius 1 is 1.56 bits per heavy atom. The van der Waals surface area contributed by atoms with E-state index in [4.69, 9.17) is 6.42 Å². The number of nitrogens with one attached hydrogen (secondary N) is 2. The number of amides is 1. The van der Waals surface area contributed by atoms with Crippen LogP contribution < -0.4 is 10.6 Å². The highest BCUT2D eigenvalue weighted by molar-refractivity contribution is 5.93. The molecule has 0 aliphatic rings. The minimum absolute atomic E-state index is 0.00374. The van der Waals surface area contributed by atoms with E-state index in [0.29, 0.717) is 17.8 Å². The van der Waals surface area contributed by atoms with Crippen LogP contribution in [0.25, 0.3) is 0 Å². The highest BCUT2D eigenvalue weighted by Gasteiger charge is 2.09. The van der Waals surface area contributed by atoms with Gasteiger partial charge >= 0.3 is 0 Å². The number of nitro benzene ring substituents is 1. The Labute approximate surface area is 105 Å². The molecule has 1 aromatic carbocycles. The van der Waals surface area contributed by atoms with Crippen LogP contribution in [0.1, 0.15) is 5.56 Å². The second-order valence-electron chi connectivity index (χ2n) is 3.61. The summed E-state index contributed by atoms with van der Waals surface area (Å²) < 4.78 is 0. The van der Waals surface area contributed by atoms with Gasteiger partial charge in [0, 0.05) is 17.8 Å². The molecule has 0 radical (unpaired) electrons. The van der Waals surface area contributed by atoms with Gasteiger partial charge in [-0.05, 0) is 18.6 Å². The van der Waals surface area contributed by atoms with Gasteiger partial charge in [-0.3, -0.25) is 20.2 Å². The second kappa shape index (κ2) is 6.37. The molecule has 1 rings (SSSR count). The maximum Gasteiger partial charge on any atom is 0.269 e. The molecule has 0 fully saturated rings. The number of nitrogens with zero attached hydrogens (tertiary/aromatic N) is 1. The monoisotopic (exact) mass is 247 g/mol. The lowest BCUT2D eigenvalue weighted by Gasteiger charge is -2.08. The van der Waals surface area contributed by atoms with E-state index in [1.807, 2.05) is 0 Å². The summed E-state index contributed by atoms with van der Waals surface area (Å²) >= 11 is 0. The first-order valence-electron chi connectivity index (χ1n) is 5.23. The molecule has 1 aromatic rings. The van der Waals surface area contributed by atoms with Crippen LogP contribution >= 0.6 is 0 Å². The van der Waals surface area contributed by atoms with Gasteiger partial charge in [-0.15, -0.1) is 6.42 Å². The molecule has 2 N–H and O–H groups in total. The van der Waals surface area contributed by atoms with Gasteiger partial charge in [0.25, 0.3) is 5.69 Å². The number of nitro groups is 1. The summed E-state index contributed by atoms with van der Waals surface area (Å²) in [5, 5.41) is 15.9. The Bertz CT molecular complexity index is 506. The molecule has 0 saturated heterocycles. The maximum absolute atomic E-state index is 11.5. The van der Waals surface area contributed by atoms with E-state index in [1.54, 1.807) is 6.92 Å². The van der Waals surface area contributed by atoms with Gasteiger partial charge in [-0.25, -0.2) is 0 Å². The molecule has 0 heterocycles. The quantitative estimate of drug-likeness (QED) is 0.353. The van der Waals surface area contributed by atoms with E-state index in [-0.39, 0.29) is 18.1 Å². The number of hydrogen-bond acceptors (Lipinski definition) is 4. The van der Waals surface area contributed by atoms with Crippen molar-refractivity contribution in [3.05, 3.63) is 33.9 Å². The zero-order valence-electron chi connectivity index (χ0n) is 9.90. The fourth-order valence-corrected chi connectivity index (χ4v) is 1.34. The summed E-state index contributed by atoms with van der Waals surface area (Å²) in [4.78, 5) is 21.6. The summed E-state index contributed by atoms with van der Waals surface area (Å²) in [5.41, 5.74) is 1.18. The molecule has 0 atom stereocenters. The number of aryl methyl sites for hydroxylation is 1. The van der Waals surface area contributed by atoms with Crippen LogP contribution in [-0.2, 0) is 4.79 Å². The van der Waals surface area contributed by atoms with E-state index in [1.165, 1.54) is 18.2 Å². The molecule has 94 valence electrons. The van der Waals surface area contributed by atoms with Crippen LogP contribution in [0.3, 0.4) is 0 Å². The molecular formula is C12H13N3O3. The molecule has 0 bridgehead atoms. The zero-order valence-corrected chi connectivity index (χ0v) is 9.90. The number of benzene rings is 1. The van der Waals surface area contributed by atoms with Gasteiger partial charge in [0.1, 0.15) is 0 Å². The predicted molar refractivity (Wildman–Crippen MR) is 68.2 cm³/mol. The number of non-ortho nitro benzene ring substituents is 1. The van der Waals surface area contributed by atoms with Crippen LogP contribution in [0.4, 0.5) is 11.4 Å². The third-order valence-electron chi connectivity index (χ3n) is 2.21. The summed E-state index contributed by atoms with van der Waals surface area (Å²) in [7, 11) is 0. The standard InChI is InChI=1S/C12H13N3O3/c1-3-6-13-8-12(16)14-11-5-4-10(15(17)18)7-9(11)2/h1,4-5,7,13H,6,8H2,2H3,(H,14,16). The number of hydrogen-bond donors (Lipinski definition) is 2. The summed E-state index contributed by atoms with van der Waals surface area (Å²) in [6.45, 7) is 2.10. The van der Waals surface area contributed by atoms with Crippen molar-refractivity contribution < 1.29 is 9.72 Å². The van der Waals surface area contributed by atoms with Gasteiger partial charge in [-0.2, -0.15) is 0 Å². The number of carbonyl (C=O) groups is 1. The Hall–Kier alpha value is -2.39. The lowest BCUT2D eigenvalue weighted by Crippen LogP contribution is -2.28. The highest BCUT2D eigenvalue weighted by atomic mass is 16.6.